The highest BCUT2D eigenvalue weighted by atomic mass is 28.4. The Kier molecular flexibility index (Phi) is 18.2. The zero-order valence-corrected chi connectivity index (χ0v) is 24.8. The first-order chi connectivity index (χ1) is 17.9. The van der Waals surface area contributed by atoms with Crippen LogP contribution in [0.15, 0.2) is 24.3 Å². The molecule has 218 valence electrons. The first-order valence-electron chi connectivity index (χ1n) is 12.9. The van der Waals surface area contributed by atoms with Gasteiger partial charge in [0.15, 0.2) is 6.10 Å². The molecule has 1 unspecified atom stereocenters. The number of carbonyl (C=O) groups is 4. The van der Waals surface area contributed by atoms with Crippen LogP contribution in [0.5, 0.6) is 0 Å². The van der Waals surface area contributed by atoms with E-state index in [1.54, 1.807) is 11.9 Å². The van der Waals surface area contributed by atoms with Gasteiger partial charge in [0.1, 0.15) is 13.2 Å². The summed E-state index contributed by atoms with van der Waals surface area (Å²) >= 11 is 0. The third kappa shape index (κ3) is 15.0. The molecule has 0 aliphatic rings. The van der Waals surface area contributed by atoms with Gasteiger partial charge in [-0.15, -0.1) is 0 Å². The van der Waals surface area contributed by atoms with Gasteiger partial charge in [0, 0.05) is 63.4 Å². The van der Waals surface area contributed by atoms with E-state index in [1.807, 2.05) is 20.8 Å². The Hall–Kier alpha value is -2.54. The first-order valence-corrected chi connectivity index (χ1v) is 14.8. The van der Waals surface area contributed by atoms with Crippen molar-refractivity contribution < 1.29 is 46.7 Å². The van der Waals surface area contributed by atoms with Gasteiger partial charge in [-0.2, -0.15) is 0 Å². The molecule has 0 aliphatic heterocycles. The average molecular weight is 560 g/mol. The normalized spacial score (nSPS) is 11.8. The highest BCUT2D eigenvalue weighted by Crippen LogP contribution is 2.18. The van der Waals surface area contributed by atoms with Crippen molar-refractivity contribution in [3.05, 3.63) is 24.3 Å². The second-order valence-corrected chi connectivity index (χ2v) is 11.4. The predicted molar refractivity (Wildman–Crippen MR) is 143 cm³/mol. The van der Waals surface area contributed by atoms with Gasteiger partial charge in [-0.25, -0.2) is 9.59 Å². The standard InChI is InChI=1S/C26H45NO10Si/c1-9-34-38(35-10-2,36-11-3)17-13-16-27(8)23(28)14-12-15-24(29)32-18-22(37-26(31)21(6)7)19-33-25(30)20(4)5/h22H,4,6,9-19H2,1-3,5,7-8H3. The number of hydrogen-bond donors (Lipinski definition) is 0. The van der Waals surface area contributed by atoms with Gasteiger partial charge in [0.25, 0.3) is 0 Å². The Morgan fingerprint density at radius 1 is 0.789 bits per heavy atom. The maximum atomic E-state index is 12.5. The number of ether oxygens (including phenoxy) is 3. The fraction of sp³-hybridized carbons (Fsp3) is 0.692. The van der Waals surface area contributed by atoms with Gasteiger partial charge in [-0.05, 0) is 47.5 Å². The maximum absolute atomic E-state index is 12.5. The number of amides is 1. The van der Waals surface area contributed by atoms with Crippen LogP contribution in [0.4, 0.5) is 0 Å². The van der Waals surface area contributed by atoms with Crippen molar-refractivity contribution in [2.24, 2.45) is 0 Å². The summed E-state index contributed by atoms with van der Waals surface area (Å²) in [6.45, 7) is 17.0. The van der Waals surface area contributed by atoms with Gasteiger partial charge in [-0.1, -0.05) is 13.2 Å². The monoisotopic (exact) mass is 559 g/mol. The van der Waals surface area contributed by atoms with Crippen LogP contribution in [0.2, 0.25) is 6.04 Å². The fourth-order valence-corrected chi connectivity index (χ4v) is 5.75. The average Bonchev–Trinajstić information content (AvgIpc) is 2.85. The summed E-state index contributed by atoms with van der Waals surface area (Å²) in [6.07, 6.45) is 0.122. The molecule has 1 atom stereocenters. The molecular weight excluding hydrogens is 514 g/mol. The van der Waals surface area contributed by atoms with E-state index in [0.717, 1.165) is 0 Å². The van der Waals surface area contributed by atoms with E-state index in [9.17, 15) is 19.2 Å². The van der Waals surface area contributed by atoms with E-state index in [4.69, 9.17) is 27.5 Å². The van der Waals surface area contributed by atoms with Gasteiger partial charge < -0.3 is 32.4 Å². The van der Waals surface area contributed by atoms with Crippen LogP contribution in [0, 0.1) is 0 Å². The molecule has 0 saturated heterocycles. The smallest absolute Gasteiger partial charge is 0.462 e. The number of esters is 3. The van der Waals surface area contributed by atoms with E-state index >= 15 is 0 Å². The van der Waals surface area contributed by atoms with Crippen LogP contribution in [0.25, 0.3) is 0 Å². The second-order valence-electron chi connectivity index (χ2n) is 8.62. The number of carbonyl (C=O) groups excluding carboxylic acids is 4. The SMILES string of the molecule is C=C(C)C(=O)OCC(COC(=O)CCCC(=O)N(C)CCC[Si](OCC)(OCC)OCC)OC(=O)C(=C)C. The van der Waals surface area contributed by atoms with Crippen LogP contribution in [-0.4, -0.2) is 90.3 Å². The zero-order chi connectivity index (χ0) is 29.1. The lowest BCUT2D eigenvalue weighted by atomic mass is 10.2. The first kappa shape index (κ1) is 35.5. The minimum absolute atomic E-state index is 0.00132. The second kappa shape index (κ2) is 19.5. The van der Waals surface area contributed by atoms with Gasteiger partial charge in [-0.3, -0.25) is 9.59 Å². The number of hydrogen-bond acceptors (Lipinski definition) is 10. The lowest BCUT2D eigenvalue weighted by molar-refractivity contribution is -0.163. The summed E-state index contributed by atoms with van der Waals surface area (Å²) in [7, 11) is -1.05. The molecule has 0 spiro atoms. The maximum Gasteiger partial charge on any atom is 0.500 e. The Balaban J connectivity index is 4.57. The number of rotatable bonds is 21. The fourth-order valence-electron chi connectivity index (χ4n) is 3.15. The molecule has 0 aromatic rings. The number of nitrogens with zero attached hydrogens (tertiary/aromatic N) is 1. The predicted octanol–water partition coefficient (Wildman–Crippen LogP) is 3.20. The van der Waals surface area contributed by atoms with Crippen LogP contribution >= 0.6 is 0 Å². The van der Waals surface area contributed by atoms with Gasteiger partial charge in [0.2, 0.25) is 5.91 Å². The third-order valence-corrected chi connectivity index (χ3v) is 8.22. The molecule has 0 rings (SSSR count). The molecule has 0 aliphatic carbocycles. The molecule has 0 fully saturated rings. The molecule has 0 heterocycles. The lowest BCUT2D eigenvalue weighted by Crippen LogP contribution is -2.46. The highest BCUT2D eigenvalue weighted by Gasteiger charge is 2.39. The topological polar surface area (TPSA) is 127 Å². The van der Waals surface area contributed by atoms with Crippen LogP contribution in [-0.2, 0) is 46.7 Å². The summed E-state index contributed by atoms with van der Waals surface area (Å²) in [5.41, 5.74) is 0.331. The Bertz CT molecular complexity index is 784. The lowest BCUT2D eigenvalue weighted by Gasteiger charge is -2.29. The Morgan fingerprint density at radius 2 is 1.32 bits per heavy atom. The van der Waals surface area contributed by atoms with Crippen molar-refractivity contribution >= 4 is 32.6 Å². The van der Waals surface area contributed by atoms with Gasteiger partial charge in [0.05, 0.1) is 0 Å². The molecule has 0 aromatic heterocycles. The zero-order valence-electron chi connectivity index (χ0n) is 23.8. The van der Waals surface area contributed by atoms with E-state index in [1.165, 1.54) is 13.8 Å². The van der Waals surface area contributed by atoms with Crippen molar-refractivity contribution in [1.29, 1.82) is 0 Å². The van der Waals surface area contributed by atoms with Crippen molar-refractivity contribution in [3.63, 3.8) is 0 Å². The Labute approximate surface area is 227 Å². The summed E-state index contributed by atoms with van der Waals surface area (Å²) in [5, 5.41) is 0. The molecule has 0 saturated carbocycles. The van der Waals surface area contributed by atoms with Crippen molar-refractivity contribution in [2.75, 3.05) is 46.6 Å². The molecule has 12 heteroatoms. The quantitative estimate of drug-likeness (QED) is 0.0895. The van der Waals surface area contributed by atoms with E-state index in [-0.39, 0.29) is 43.1 Å². The van der Waals surface area contributed by atoms with E-state index in [2.05, 4.69) is 13.2 Å². The summed E-state index contributed by atoms with van der Waals surface area (Å²) in [5.74, 6) is -2.02. The largest absolute Gasteiger partial charge is 0.500 e. The molecule has 0 bridgehead atoms. The highest BCUT2D eigenvalue weighted by molar-refractivity contribution is 6.60. The molecule has 0 aromatic carbocycles. The molecule has 38 heavy (non-hydrogen) atoms. The van der Waals surface area contributed by atoms with Crippen molar-refractivity contribution in [1.82, 2.24) is 4.90 Å². The van der Waals surface area contributed by atoms with Gasteiger partial charge >= 0.3 is 26.7 Å². The molecule has 1 amide bonds. The van der Waals surface area contributed by atoms with E-state index in [0.29, 0.717) is 45.3 Å². The minimum atomic E-state index is -2.76. The summed E-state index contributed by atoms with van der Waals surface area (Å²) < 4.78 is 32.8. The van der Waals surface area contributed by atoms with Crippen molar-refractivity contribution in [2.45, 2.75) is 72.5 Å². The minimum Gasteiger partial charge on any atom is -0.462 e. The molecule has 11 nitrogen and oxygen atoms in total. The summed E-state index contributed by atoms with van der Waals surface area (Å²) in [4.78, 5) is 49.7. The molecular formula is C26H45NO10Si. The Morgan fingerprint density at radius 3 is 1.82 bits per heavy atom. The van der Waals surface area contributed by atoms with Crippen LogP contribution in [0.1, 0.15) is 60.3 Å². The van der Waals surface area contributed by atoms with Crippen molar-refractivity contribution in [3.8, 4) is 0 Å². The molecule has 0 radical (unpaired) electrons. The summed E-state index contributed by atoms with van der Waals surface area (Å²) in [6, 6.07) is 0.602. The van der Waals surface area contributed by atoms with Crippen LogP contribution in [0.3, 0.4) is 0 Å². The third-order valence-electron chi connectivity index (χ3n) is 5.07. The van der Waals surface area contributed by atoms with E-state index < -0.39 is 32.8 Å². The molecule has 0 N–H and O–H groups in total. The van der Waals surface area contributed by atoms with Crippen LogP contribution < -0.4 is 0 Å².